The summed E-state index contributed by atoms with van der Waals surface area (Å²) in [5.74, 6) is -2.54. The molecule has 138 valence electrons. The smallest absolute Gasteiger partial charge is 0.307 e. The van der Waals surface area contributed by atoms with E-state index in [0.29, 0.717) is 0 Å². The monoisotopic (exact) mass is 357 g/mol. The lowest BCUT2D eigenvalue weighted by molar-refractivity contribution is -0.146. The SMILES string of the molecule is COC(=O)CCN(C)C(=O)CC(Cc1cccc2ccccc12)C(=O)O. The second kappa shape index (κ2) is 8.99. The lowest BCUT2D eigenvalue weighted by Crippen LogP contribution is -2.33. The Morgan fingerprint density at radius 1 is 1.12 bits per heavy atom. The zero-order chi connectivity index (χ0) is 19.1. The molecular formula is C20H23NO5. The second-order valence-corrected chi connectivity index (χ2v) is 6.22. The second-order valence-electron chi connectivity index (χ2n) is 6.22. The van der Waals surface area contributed by atoms with Gasteiger partial charge < -0.3 is 14.7 Å². The van der Waals surface area contributed by atoms with Gasteiger partial charge in [0.15, 0.2) is 0 Å². The highest BCUT2D eigenvalue weighted by atomic mass is 16.5. The van der Waals surface area contributed by atoms with Crippen LogP contribution >= 0.6 is 0 Å². The van der Waals surface area contributed by atoms with Crippen molar-refractivity contribution in [2.45, 2.75) is 19.3 Å². The molecule has 2 aromatic rings. The van der Waals surface area contributed by atoms with Gasteiger partial charge in [-0.15, -0.1) is 0 Å². The number of hydrogen-bond donors (Lipinski definition) is 1. The molecular weight excluding hydrogens is 334 g/mol. The van der Waals surface area contributed by atoms with E-state index in [-0.39, 0.29) is 31.7 Å². The fraction of sp³-hybridized carbons (Fsp3) is 0.350. The molecule has 2 aromatic carbocycles. The summed E-state index contributed by atoms with van der Waals surface area (Å²) in [6.07, 6.45) is 0.239. The molecule has 26 heavy (non-hydrogen) atoms. The molecule has 0 saturated carbocycles. The maximum absolute atomic E-state index is 12.3. The van der Waals surface area contributed by atoms with Crippen LogP contribution in [0, 0.1) is 5.92 Å². The normalized spacial score (nSPS) is 11.8. The van der Waals surface area contributed by atoms with Crippen molar-refractivity contribution in [3.05, 3.63) is 48.0 Å². The molecule has 0 heterocycles. The van der Waals surface area contributed by atoms with Gasteiger partial charge >= 0.3 is 11.9 Å². The van der Waals surface area contributed by atoms with Crippen molar-refractivity contribution in [3.8, 4) is 0 Å². The van der Waals surface area contributed by atoms with Gasteiger partial charge in [-0.1, -0.05) is 42.5 Å². The number of carboxylic acid groups (broad SMARTS) is 1. The molecule has 0 aromatic heterocycles. The summed E-state index contributed by atoms with van der Waals surface area (Å²) in [6, 6.07) is 13.5. The Morgan fingerprint density at radius 3 is 2.50 bits per heavy atom. The van der Waals surface area contributed by atoms with E-state index in [1.807, 2.05) is 42.5 Å². The first kappa shape index (κ1) is 19.4. The molecule has 0 radical (unpaired) electrons. The summed E-state index contributed by atoms with van der Waals surface area (Å²) < 4.78 is 4.55. The van der Waals surface area contributed by atoms with Crippen LogP contribution in [0.2, 0.25) is 0 Å². The van der Waals surface area contributed by atoms with E-state index in [4.69, 9.17) is 0 Å². The van der Waals surface area contributed by atoms with Crippen LogP contribution in [0.25, 0.3) is 10.8 Å². The number of carboxylic acids is 1. The predicted octanol–water partition coefficient (Wildman–Crippen LogP) is 2.49. The molecule has 1 unspecified atom stereocenters. The van der Waals surface area contributed by atoms with Gasteiger partial charge in [-0.05, 0) is 22.8 Å². The maximum atomic E-state index is 12.3. The Kier molecular flexibility index (Phi) is 6.72. The summed E-state index contributed by atoms with van der Waals surface area (Å²) in [4.78, 5) is 36.5. The van der Waals surface area contributed by atoms with Gasteiger partial charge in [0, 0.05) is 20.0 Å². The molecule has 0 bridgehead atoms. The number of esters is 1. The number of benzene rings is 2. The number of hydrogen-bond acceptors (Lipinski definition) is 4. The zero-order valence-electron chi connectivity index (χ0n) is 15.0. The van der Waals surface area contributed by atoms with E-state index in [1.54, 1.807) is 7.05 Å². The molecule has 1 amide bonds. The summed E-state index contributed by atoms with van der Waals surface area (Å²) in [7, 11) is 2.84. The third-order valence-corrected chi connectivity index (χ3v) is 4.42. The molecule has 0 aliphatic rings. The quantitative estimate of drug-likeness (QED) is 0.734. The Hall–Kier alpha value is -2.89. The number of carbonyl (C=O) groups is 3. The van der Waals surface area contributed by atoms with Crippen molar-refractivity contribution in [2.75, 3.05) is 20.7 Å². The highest BCUT2D eigenvalue weighted by Crippen LogP contribution is 2.23. The molecule has 0 spiro atoms. The van der Waals surface area contributed by atoms with E-state index in [1.165, 1.54) is 12.0 Å². The van der Waals surface area contributed by atoms with Gasteiger partial charge in [0.2, 0.25) is 5.91 Å². The van der Waals surface area contributed by atoms with Crippen LogP contribution in [0.1, 0.15) is 18.4 Å². The van der Waals surface area contributed by atoms with E-state index >= 15 is 0 Å². The average molecular weight is 357 g/mol. The van der Waals surface area contributed by atoms with Gasteiger partial charge in [-0.2, -0.15) is 0 Å². The van der Waals surface area contributed by atoms with Gasteiger partial charge in [0.05, 0.1) is 19.4 Å². The van der Waals surface area contributed by atoms with Crippen LogP contribution in [-0.2, 0) is 25.5 Å². The molecule has 1 N–H and O–H groups in total. The average Bonchev–Trinajstić information content (AvgIpc) is 2.65. The number of fused-ring (bicyclic) bond motifs is 1. The molecule has 0 aliphatic carbocycles. The molecule has 0 saturated heterocycles. The number of nitrogens with zero attached hydrogens (tertiary/aromatic N) is 1. The first-order chi connectivity index (χ1) is 12.4. The Labute approximate surface area is 152 Å². The van der Waals surface area contributed by atoms with Gasteiger partial charge in [0.25, 0.3) is 0 Å². The van der Waals surface area contributed by atoms with Crippen LogP contribution in [-0.4, -0.2) is 48.6 Å². The van der Waals surface area contributed by atoms with Crippen LogP contribution in [0.5, 0.6) is 0 Å². The Bertz CT molecular complexity index is 796. The lowest BCUT2D eigenvalue weighted by atomic mass is 9.92. The highest BCUT2D eigenvalue weighted by Gasteiger charge is 2.24. The summed E-state index contributed by atoms with van der Waals surface area (Å²) in [5.41, 5.74) is 0.903. The third kappa shape index (κ3) is 5.05. The van der Waals surface area contributed by atoms with E-state index in [9.17, 15) is 19.5 Å². The van der Waals surface area contributed by atoms with E-state index in [2.05, 4.69) is 4.74 Å². The number of carbonyl (C=O) groups excluding carboxylic acids is 2. The van der Waals surface area contributed by atoms with Crippen molar-refractivity contribution in [1.29, 1.82) is 0 Å². The summed E-state index contributed by atoms with van der Waals surface area (Å²) in [5, 5.41) is 11.6. The minimum atomic E-state index is -1.01. The molecule has 0 aliphatic heterocycles. The molecule has 0 fully saturated rings. The summed E-state index contributed by atoms with van der Waals surface area (Å²) in [6.45, 7) is 0.201. The van der Waals surface area contributed by atoms with Crippen molar-refractivity contribution in [2.24, 2.45) is 5.92 Å². The number of rotatable bonds is 8. The van der Waals surface area contributed by atoms with Crippen molar-refractivity contribution >= 4 is 28.6 Å². The number of aliphatic carboxylic acids is 1. The van der Waals surface area contributed by atoms with Crippen molar-refractivity contribution in [1.82, 2.24) is 4.90 Å². The van der Waals surface area contributed by atoms with Crippen LogP contribution < -0.4 is 0 Å². The molecule has 6 nitrogen and oxygen atoms in total. The van der Waals surface area contributed by atoms with Crippen LogP contribution in [0.4, 0.5) is 0 Å². The molecule has 6 heteroatoms. The largest absolute Gasteiger partial charge is 0.481 e. The van der Waals surface area contributed by atoms with Crippen LogP contribution in [0.3, 0.4) is 0 Å². The zero-order valence-corrected chi connectivity index (χ0v) is 15.0. The Balaban J connectivity index is 2.08. The standard InChI is InChI=1S/C20H23NO5/c1-21(11-10-19(23)26-2)18(22)13-16(20(24)25)12-15-8-5-7-14-6-3-4-9-17(14)15/h3-9,16H,10-13H2,1-2H3,(H,24,25). The molecule has 2 rings (SSSR count). The highest BCUT2D eigenvalue weighted by molar-refractivity contribution is 5.87. The number of methoxy groups -OCH3 is 1. The minimum Gasteiger partial charge on any atom is -0.481 e. The fourth-order valence-corrected chi connectivity index (χ4v) is 2.84. The van der Waals surface area contributed by atoms with Crippen molar-refractivity contribution < 1.29 is 24.2 Å². The first-order valence-electron chi connectivity index (χ1n) is 8.42. The van der Waals surface area contributed by atoms with Crippen molar-refractivity contribution in [3.63, 3.8) is 0 Å². The Morgan fingerprint density at radius 2 is 1.81 bits per heavy atom. The minimum absolute atomic E-state index is 0.0831. The van der Waals surface area contributed by atoms with Gasteiger partial charge in [-0.25, -0.2) is 0 Å². The fourth-order valence-electron chi connectivity index (χ4n) is 2.84. The van der Waals surface area contributed by atoms with E-state index in [0.717, 1.165) is 16.3 Å². The maximum Gasteiger partial charge on any atom is 0.307 e. The lowest BCUT2D eigenvalue weighted by Gasteiger charge is -2.20. The van der Waals surface area contributed by atoms with Crippen LogP contribution in [0.15, 0.2) is 42.5 Å². The van der Waals surface area contributed by atoms with E-state index < -0.39 is 17.9 Å². The molecule has 1 atom stereocenters. The predicted molar refractivity (Wildman–Crippen MR) is 97.7 cm³/mol. The summed E-state index contributed by atoms with van der Waals surface area (Å²) >= 11 is 0. The first-order valence-corrected chi connectivity index (χ1v) is 8.42. The number of amides is 1. The third-order valence-electron chi connectivity index (χ3n) is 4.42. The topological polar surface area (TPSA) is 83.9 Å². The number of ether oxygens (including phenoxy) is 1. The van der Waals surface area contributed by atoms with Gasteiger partial charge in [0.1, 0.15) is 0 Å². The van der Waals surface area contributed by atoms with Gasteiger partial charge in [-0.3, -0.25) is 14.4 Å².